The van der Waals surface area contributed by atoms with E-state index in [1.165, 1.54) is 50.0 Å². The highest BCUT2D eigenvalue weighted by Gasteiger charge is 2.12. The van der Waals surface area contributed by atoms with Crippen molar-refractivity contribution in [3.05, 3.63) is 29.6 Å². The fourth-order valence-corrected chi connectivity index (χ4v) is 2.74. The normalized spacial score (nSPS) is 19.1. The monoisotopic (exact) mass is 261 g/mol. The van der Waals surface area contributed by atoms with Crippen LogP contribution in [0.4, 0.5) is 0 Å². The zero-order valence-electron chi connectivity index (χ0n) is 12.4. The lowest BCUT2D eigenvalue weighted by Crippen LogP contribution is -2.39. The van der Waals surface area contributed by atoms with E-state index in [1.54, 1.807) is 0 Å². The molecule has 1 saturated heterocycles. The van der Waals surface area contributed by atoms with Crippen LogP contribution in [0, 0.1) is 6.92 Å². The number of aryl methyl sites for hydroxylation is 1. The predicted molar refractivity (Wildman–Crippen MR) is 80.2 cm³/mol. The van der Waals surface area contributed by atoms with Crippen LogP contribution >= 0.6 is 0 Å². The van der Waals surface area contributed by atoms with Gasteiger partial charge in [-0.3, -0.25) is 4.98 Å². The lowest BCUT2D eigenvalue weighted by atomic mass is 10.2. The standard InChI is InChI=1S/C16H27N3/c1-14-8-7-9-17-16(14)12-18-15(2)13-19-10-5-3-4-6-11-19/h7-9,15,18H,3-6,10-13H2,1-2H3. The Morgan fingerprint density at radius 1 is 1.26 bits per heavy atom. The van der Waals surface area contributed by atoms with E-state index in [4.69, 9.17) is 0 Å². The summed E-state index contributed by atoms with van der Waals surface area (Å²) < 4.78 is 0. The zero-order chi connectivity index (χ0) is 13.5. The summed E-state index contributed by atoms with van der Waals surface area (Å²) in [5, 5.41) is 3.60. The minimum absolute atomic E-state index is 0.527. The molecule has 3 nitrogen and oxygen atoms in total. The Labute approximate surface area is 117 Å². The number of nitrogens with zero attached hydrogens (tertiary/aromatic N) is 2. The van der Waals surface area contributed by atoms with Crippen molar-refractivity contribution in [3.63, 3.8) is 0 Å². The maximum atomic E-state index is 4.44. The summed E-state index contributed by atoms with van der Waals surface area (Å²) in [6.07, 6.45) is 7.43. The molecule has 0 aliphatic carbocycles. The van der Waals surface area contributed by atoms with Gasteiger partial charge in [-0.05, 0) is 51.4 Å². The first kappa shape index (κ1) is 14.5. The molecular formula is C16H27N3. The van der Waals surface area contributed by atoms with Crippen LogP contribution < -0.4 is 5.32 Å². The summed E-state index contributed by atoms with van der Waals surface area (Å²) in [5.74, 6) is 0. The third kappa shape index (κ3) is 4.92. The van der Waals surface area contributed by atoms with Crippen LogP contribution in [0.5, 0.6) is 0 Å². The maximum Gasteiger partial charge on any atom is 0.0570 e. The van der Waals surface area contributed by atoms with Crippen molar-refractivity contribution in [1.82, 2.24) is 15.2 Å². The van der Waals surface area contributed by atoms with Gasteiger partial charge in [-0.2, -0.15) is 0 Å². The van der Waals surface area contributed by atoms with Gasteiger partial charge < -0.3 is 10.2 Å². The largest absolute Gasteiger partial charge is 0.307 e. The molecule has 1 atom stereocenters. The molecule has 1 unspecified atom stereocenters. The lowest BCUT2D eigenvalue weighted by Gasteiger charge is -2.24. The minimum atomic E-state index is 0.527. The molecule has 106 valence electrons. The van der Waals surface area contributed by atoms with Gasteiger partial charge in [0.15, 0.2) is 0 Å². The Kier molecular flexibility index (Phi) is 5.80. The topological polar surface area (TPSA) is 28.2 Å². The molecule has 19 heavy (non-hydrogen) atoms. The summed E-state index contributed by atoms with van der Waals surface area (Å²) >= 11 is 0. The van der Waals surface area contributed by atoms with Crippen molar-refractivity contribution in [3.8, 4) is 0 Å². The summed E-state index contributed by atoms with van der Waals surface area (Å²) in [7, 11) is 0. The van der Waals surface area contributed by atoms with Crippen molar-refractivity contribution in [2.24, 2.45) is 0 Å². The molecule has 1 aromatic rings. The third-order valence-corrected chi connectivity index (χ3v) is 3.97. The maximum absolute atomic E-state index is 4.44. The Bertz CT molecular complexity index is 370. The fourth-order valence-electron chi connectivity index (χ4n) is 2.74. The number of pyridine rings is 1. The van der Waals surface area contributed by atoms with Gasteiger partial charge in [-0.1, -0.05) is 18.9 Å². The van der Waals surface area contributed by atoms with E-state index < -0.39 is 0 Å². The average molecular weight is 261 g/mol. The molecule has 2 heterocycles. The van der Waals surface area contributed by atoms with Crippen LogP contribution in [0.2, 0.25) is 0 Å². The Hall–Kier alpha value is -0.930. The molecule has 0 saturated carbocycles. The number of aromatic nitrogens is 1. The number of hydrogen-bond acceptors (Lipinski definition) is 3. The van der Waals surface area contributed by atoms with E-state index in [0.29, 0.717) is 6.04 Å². The van der Waals surface area contributed by atoms with Crippen LogP contribution in [0.3, 0.4) is 0 Å². The molecule has 3 heteroatoms. The molecule has 0 aromatic carbocycles. The Morgan fingerprint density at radius 2 is 2.00 bits per heavy atom. The highest BCUT2D eigenvalue weighted by molar-refractivity contribution is 5.17. The predicted octanol–water partition coefficient (Wildman–Crippen LogP) is 2.74. The van der Waals surface area contributed by atoms with Crippen molar-refractivity contribution in [2.75, 3.05) is 19.6 Å². The number of rotatable bonds is 5. The van der Waals surface area contributed by atoms with E-state index in [-0.39, 0.29) is 0 Å². The number of hydrogen-bond donors (Lipinski definition) is 1. The average Bonchev–Trinajstić information content (AvgIpc) is 2.66. The molecule has 1 fully saturated rings. The molecule has 0 amide bonds. The van der Waals surface area contributed by atoms with E-state index in [1.807, 2.05) is 12.3 Å². The van der Waals surface area contributed by atoms with Crippen LogP contribution in [-0.2, 0) is 6.54 Å². The second-order valence-electron chi connectivity index (χ2n) is 5.76. The van der Waals surface area contributed by atoms with Crippen LogP contribution in [0.15, 0.2) is 18.3 Å². The molecule has 0 spiro atoms. The summed E-state index contributed by atoms with van der Waals surface area (Å²) in [5.41, 5.74) is 2.45. The van der Waals surface area contributed by atoms with Gasteiger partial charge in [0.1, 0.15) is 0 Å². The smallest absolute Gasteiger partial charge is 0.0570 e. The first-order valence-corrected chi connectivity index (χ1v) is 7.62. The second kappa shape index (κ2) is 7.61. The van der Waals surface area contributed by atoms with E-state index >= 15 is 0 Å². The molecule has 1 aliphatic rings. The van der Waals surface area contributed by atoms with E-state index in [2.05, 4.69) is 35.1 Å². The second-order valence-corrected chi connectivity index (χ2v) is 5.76. The van der Waals surface area contributed by atoms with Gasteiger partial charge >= 0.3 is 0 Å². The lowest BCUT2D eigenvalue weighted by molar-refractivity contribution is 0.255. The van der Waals surface area contributed by atoms with Gasteiger partial charge in [0.2, 0.25) is 0 Å². The summed E-state index contributed by atoms with van der Waals surface area (Å²) in [6.45, 7) is 8.99. The minimum Gasteiger partial charge on any atom is -0.307 e. The molecule has 1 N–H and O–H groups in total. The highest BCUT2D eigenvalue weighted by atomic mass is 15.1. The molecule has 0 radical (unpaired) electrons. The van der Waals surface area contributed by atoms with E-state index in [0.717, 1.165) is 13.1 Å². The van der Waals surface area contributed by atoms with Gasteiger partial charge in [0, 0.05) is 25.3 Å². The van der Waals surface area contributed by atoms with E-state index in [9.17, 15) is 0 Å². The van der Waals surface area contributed by atoms with Gasteiger partial charge in [0.05, 0.1) is 5.69 Å². The van der Waals surface area contributed by atoms with Crippen LogP contribution in [0.25, 0.3) is 0 Å². The van der Waals surface area contributed by atoms with Crippen molar-refractivity contribution in [2.45, 2.75) is 52.1 Å². The quantitative estimate of drug-likeness (QED) is 0.883. The number of likely N-dealkylation sites (tertiary alicyclic amines) is 1. The van der Waals surface area contributed by atoms with Crippen molar-refractivity contribution in [1.29, 1.82) is 0 Å². The fraction of sp³-hybridized carbons (Fsp3) is 0.688. The highest BCUT2D eigenvalue weighted by Crippen LogP contribution is 2.10. The Morgan fingerprint density at radius 3 is 2.68 bits per heavy atom. The van der Waals surface area contributed by atoms with Crippen molar-refractivity contribution < 1.29 is 0 Å². The van der Waals surface area contributed by atoms with Gasteiger partial charge in [-0.25, -0.2) is 0 Å². The third-order valence-electron chi connectivity index (χ3n) is 3.97. The summed E-state index contributed by atoms with van der Waals surface area (Å²) in [6, 6.07) is 4.66. The molecular weight excluding hydrogens is 234 g/mol. The first-order valence-electron chi connectivity index (χ1n) is 7.62. The molecule has 1 aromatic heterocycles. The molecule has 1 aliphatic heterocycles. The zero-order valence-corrected chi connectivity index (χ0v) is 12.4. The molecule has 0 bridgehead atoms. The van der Waals surface area contributed by atoms with Crippen LogP contribution in [0.1, 0.15) is 43.9 Å². The van der Waals surface area contributed by atoms with Crippen molar-refractivity contribution >= 4 is 0 Å². The molecule has 2 rings (SSSR count). The Balaban J connectivity index is 1.74. The summed E-state index contributed by atoms with van der Waals surface area (Å²) in [4.78, 5) is 7.04. The number of nitrogens with one attached hydrogen (secondary N) is 1. The SMILES string of the molecule is Cc1cccnc1CNC(C)CN1CCCCCC1. The van der Waals surface area contributed by atoms with Crippen LogP contribution in [-0.4, -0.2) is 35.6 Å². The van der Waals surface area contributed by atoms with Gasteiger partial charge in [0.25, 0.3) is 0 Å². The first-order chi connectivity index (χ1) is 9.25. The van der Waals surface area contributed by atoms with Gasteiger partial charge in [-0.15, -0.1) is 0 Å².